The maximum atomic E-state index is 8.84. The van der Waals surface area contributed by atoms with Gasteiger partial charge in [0.15, 0.2) is 0 Å². The van der Waals surface area contributed by atoms with Gasteiger partial charge in [-0.15, -0.1) is 0 Å². The first kappa shape index (κ1) is 12.3. The summed E-state index contributed by atoms with van der Waals surface area (Å²) in [5.74, 6) is 0.875. The monoisotopic (exact) mass is 248 g/mol. The average molecular weight is 249 g/mol. The van der Waals surface area contributed by atoms with Crippen LogP contribution in [0.3, 0.4) is 0 Å². The maximum absolute atomic E-state index is 8.84. The molecule has 2 rings (SSSR count). The molecule has 1 aromatic carbocycles. The first-order valence-corrected chi connectivity index (χ1v) is 6.57. The Bertz CT molecular complexity index is 428. The van der Waals surface area contributed by atoms with Crippen LogP contribution in [-0.4, -0.2) is 13.1 Å². The molecule has 17 heavy (non-hydrogen) atoms. The van der Waals surface area contributed by atoms with E-state index in [0.29, 0.717) is 10.6 Å². The van der Waals surface area contributed by atoms with Gasteiger partial charge in [-0.2, -0.15) is 5.26 Å². The first-order valence-electron chi connectivity index (χ1n) is 6.19. The van der Waals surface area contributed by atoms with E-state index in [9.17, 15) is 0 Å². The van der Waals surface area contributed by atoms with Crippen LogP contribution in [0.25, 0.3) is 0 Å². The van der Waals surface area contributed by atoms with Crippen LogP contribution in [0.15, 0.2) is 18.2 Å². The SMILES string of the molecule is CCC1CCN(c2ccc(C#N)c(Cl)c2)CC1. The molecule has 1 aromatic rings. The Morgan fingerprint density at radius 2 is 2.12 bits per heavy atom. The molecule has 0 unspecified atom stereocenters. The largest absolute Gasteiger partial charge is 0.371 e. The van der Waals surface area contributed by atoms with Crippen LogP contribution < -0.4 is 4.90 Å². The van der Waals surface area contributed by atoms with E-state index in [2.05, 4.69) is 17.9 Å². The van der Waals surface area contributed by atoms with Crippen molar-refractivity contribution < 1.29 is 0 Å². The number of hydrogen-bond acceptors (Lipinski definition) is 2. The Labute approximate surface area is 108 Å². The fourth-order valence-corrected chi connectivity index (χ4v) is 2.61. The van der Waals surface area contributed by atoms with Gasteiger partial charge in [0, 0.05) is 18.8 Å². The van der Waals surface area contributed by atoms with E-state index in [4.69, 9.17) is 16.9 Å². The molecular formula is C14H17ClN2. The summed E-state index contributed by atoms with van der Waals surface area (Å²) < 4.78 is 0. The molecule has 90 valence electrons. The van der Waals surface area contributed by atoms with Crippen LogP contribution in [-0.2, 0) is 0 Å². The Morgan fingerprint density at radius 1 is 1.41 bits per heavy atom. The van der Waals surface area contributed by atoms with Gasteiger partial charge in [0.1, 0.15) is 6.07 Å². The van der Waals surface area contributed by atoms with Crippen molar-refractivity contribution in [3.63, 3.8) is 0 Å². The van der Waals surface area contributed by atoms with Crippen LogP contribution in [0.2, 0.25) is 5.02 Å². The van der Waals surface area contributed by atoms with Crippen LogP contribution >= 0.6 is 11.6 Å². The minimum atomic E-state index is 0.555. The molecule has 1 fully saturated rings. The number of piperidine rings is 1. The molecule has 0 amide bonds. The Hall–Kier alpha value is -1.20. The lowest BCUT2D eigenvalue weighted by Gasteiger charge is -2.33. The van der Waals surface area contributed by atoms with E-state index in [-0.39, 0.29) is 0 Å². The van der Waals surface area contributed by atoms with E-state index in [1.54, 1.807) is 0 Å². The highest BCUT2D eigenvalue weighted by Gasteiger charge is 2.18. The van der Waals surface area contributed by atoms with Crippen molar-refractivity contribution in [1.82, 2.24) is 0 Å². The third-order valence-electron chi connectivity index (χ3n) is 3.63. The predicted octanol–water partition coefficient (Wildman–Crippen LogP) is 3.84. The quantitative estimate of drug-likeness (QED) is 0.795. The zero-order chi connectivity index (χ0) is 12.3. The summed E-state index contributed by atoms with van der Waals surface area (Å²) in [6.45, 7) is 4.46. The molecule has 2 nitrogen and oxygen atoms in total. The zero-order valence-corrected chi connectivity index (χ0v) is 10.9. The number of hydrogen-bond donors (Lipinski definition) is 0. The topological polar surface area (TPSA) is 27.0 Å². The summed E-state index contributed by atoms with van der Waals surface area (Å²) in [6, 6.07) is 7.81. The second-order valence-electron chi connectivity index (χ2n) is 4.61. The van der Waals surface area contributed by atoms with E-state index in [1.165, 1.54) is 19.3 Å². The molecule has 1 saturated heterocycles. The van der Waals surface area contributed by atoms with Gasteiger partial charge in [0.25, 0.3) is 0 Å². The number of halogens is 1. The van der Waals surface area contributed by atoms with Gasteiger partial charge in [-0.1, -0.05) is 24.9 Å². The maximum Gasteiger partial charge on any atom is 0.101 e. The number of nitrogens with zero attached hydrogens (tertiary/aromatic N) is 2. The van der Waals surface area contributed by atoms with Gasteiger partial charge in [0.2, 0.25) is 0 Å². The highest BCUT2D eigenvalue weighted by Crippen LogP contribution is 2.28. The summed E-state index contributed by atoms with van der Waals surface area (Å²) in [5.41, 5.74) is 1.70. The van der Waals surface area contributed by atoms with Crippen LogP contribution in [0, 0.1) is 17.2 Å². The zero-order valence-electron chi connectivity index (χ0n) is 10.1. The minimum Gasteiger partial charge on any atom is -0.371 e. The molecule has 0 spiro atoms. The van der Waals surface area contributed by atoms with Crippen molar-refractivity contribution >= 4 is 17.3 Å². The van der Waals surface area contributed by atoms with Crippen molar-refractivity contribution in [2.75, 3.05) is 18.0 Å². The first-order chi connectivity index (χ1) is 8.24. The third-order valence-corrected chi connectivity index (χ3v) is 3.94. The van der Waals surface area contributed by atoms with E-state index < -0.39 is 0 Å². The lowest BCUT2D eigenvalue weighted by molar-refractivity contribution is 0.395. The molecule has 0 saturated carbocycles. The van der Waals surface area contributed by atoms with Gasteiger partial charge in [0.05, 0.1) is 10.6 Å². The van der Waals surface area contributed by atoms with Crippen LogP contribution in [0.1, 0.15) is 31.7 Å². The van der Waals surface area contributed by atoms with Crippen molar-refractivity contribution in [2.24, 2.45) is 5.92 Å². The minimum absolute atomic E-state index is 0.555. The van der Waals surface area contributed by atoms with E-state index in [1.807, 2.05) is 18.2 Å². The van der Waals surface area contributed by atoms with Crippen molar-refractivity contribution in [2.45, 2.75) is 26.2 Å². The predicted molar refractivity (Wildman–Crippen MR) is 71.4 cm³/mol. The number of anilines is 1. The second kappa shape index (κ2) is 5.42. The summed E-state index contributed by atoms with van der Waals surface area (Å²) in [7, 11) is 0. The Kier molecular flexibility index (Phi) is 3.91. The fraction of sp³-hybridized carbons (Fsp3) is 0.500. The lowest BCUT2D eigenvalue weighted by Crippen LogP contribution is -2.33. The summed E-state index contributed by atoms with van der Waals surface area (Å²) >= 11 is 6.06. The third kappa shape index (κ3) is 2.73. The van der Waals surface area contributed by atoms with Crippen molar-refractivity contribution in [1.29, 1.82) is 5.26 Å². The van der Waals surface area contributed by atoms with Crippen LogP contribution in [0.5, 0.6) is 0 Å². The molecule has 0 atom stereocenters. The molecule has 1 aliphatic heterocycles. The summed E-state index contributed by atoms with van der Waals surface area (Å²) in [5, 5.41) is 9.40. The molecule has 3 heteroatoms. The Morgan fingerprint density at radius 3 is 2.65 bits per heavy atom. The summed E-state index contributed by atoms with van der Waals surface area (Å²) in [4.78, 5) is 2.36. The fourth-order valence-electron chi connectivity index (χ4n) is 2.39. The van der Waals surface area contributed by atoms with E-state index in [0.717, 1.165) is 24.7 Å². The van der Waals surface area contributed by atoms with Crippen molar-refractivity contribution in [3.05, 3.63) is 28.8 Å². The normalized spacial score (nSPS) is 16.9. The molecule has 0 N–H and O–H groups in total. The summed E-state index contributed by atoms with van der Waals surface area (Å²) in [6.07, 6.45) is 3.80. The van der Waals surface area contributed by atoms with Gasteiger partial charge < -0.3 is 4.90 Å². The molecule has 0 aromatic heterocycles. The smallest absolute Gasteiger partial charge is 0.101 e. The average Bonchev–Trinajstić information content (AvgIpc) is 2.39. The highest BCUT2D eigenvalue weighted by atomic mass is 35.5. The van der Waals surface area contributed by atoms with Gasteiger partial charge >= 0.3 is 0 Å². The number of benzene rings is 1. The van der Waals surface area contributed by atoms with Gasteiger partial charge in [-0.25, -0.2) is 0 Å². The van der Waals surface area contributed by atoms with Crippen molar-refractivity contribution in [3.8, 4) is 6.07 Å². The molecule has 0 bridgehead atoms. The molecule has 0 radical (unpaired) electrons. The van der Waals surface area contributed by atoms with E-state index >= 15 is 0 Å². The highest BCUT2D eigenvalue weighted by molar-refractivity contribution is 6.32. The molecule has 0 aliphatic carbocycles. The van der Waals surface area contributed by atoms with Gasteiger partial charge in [-0.3, -0.25) is 0 Å². The molecule has 1 aliphatic rings. The Balaban J connectivity index is 2.09. The molecule has 1 heterocycles. The second-order valence-corrected chi connectivity index (χ2v) is 5.02. The van der Waals surface area contributed by atoms with Crippen LogP contribution in [0.4, 0.5) is 5.69 Å². The molecular weight excluding hydrogens is 232 g/mol. The number of nitriles is 1. The van der Waals surface area contributed by atoms with Gasteiger partial charge in [-0.05, 0) is 37.0 Å². The lowest BCUT2D eigenvalue weighted by atomic mass is 9.94. The number of rotatable bonds is 2. The standard InChI is InChI=1S/C14H17ClN2/c1-2-11-5-7-17(8-6-11)13-4-3-12(10-16)14(15)9-13/h3-4,9,11H,2,5-8H2,1H3.